The van der Waals surface area contributed by atoms with Crippen molar-refractivity contribution in [2.45, 2.75) is 36.6 Å². The van der Waals surface area contributed by atoms with Gasteiger partial charge in [-0.2, -0.15) is 0 Å². The molecule has 0 radical (unpaired) electrons. The number of hydrogen-bond acceptors (Lipinski definition) is 16. The fourth-order valence-corrected chi connectivity index (χ4v) is 7.49. The lowest BCUT2D eigenvalue weighted by Gasteiger charge is -2.26. The molecule has 4 aromatic rings. The third-order valence-electron chi connectivity index (χ3n) is 10.6. The number of methoxy groups -OCH3 is 6. The molecule has 0 amide bonds. The van der Waals surface area contributed by atoms with Crippen molar-refractivity contribution in [2.24, 2.45) is 11.8 Å². The zero-order valence-corrected chi connectivity index (χ0v) is 33.0. The normalized spacial score (nSPS) is 20.7. The highest BCUT2D eigenvalue weighted by atomic mass is 16.6. The molecule has 314 valence electrons. The summed E-state index contributed by atoms with van der Waals surface area (Å²) < 4.78 is 58.4. The van der Waals surface area contributed by atoms with Crippen LogP contribution in [0.4, 0.5) is 0 Å². The zero-order valence-electron chi connectivity index (χ0n) is 33.0. The highest BCUT2D eigenvalue weighted by Gasteiger charge is 2.49. The standard InChI is InChI=1S/C42H50O16/c1-49-29-11-21(7-9-27(29)45)37(47)35(17-43)57-41-31(51-3)13-23(14-32(41)52-4)39-25-19-56-40(26(25)20-55-39)24-15-33(53-5)42(34(16-24)54-6)58-36(18-44)38(48)22-8-10-28(46)30(12-22)50-2/h7-16,25-26,35-40,43-48H,17-20H2,1-6H3/t25-,26-,35+,36+,37-,38+,39+,40+/m1/s1. The minimum absolute atomic E-state index is 0.0909. The van der Waals surface area contributed by atoms with Crippen LogP contribution in [0.3, 0.4) is 0 Å². The van der Waals surface area contributed by atoms with Gasteiger partial charge in [-0.1, -0.05) is 12.1 Å². The van der Waals surface area contributed by atoms with Crippen molar-refractivity contribution < 1.29 is 78.0 Å². The Kier molecular flexibility index (Phi) is 13.5. The van der Waals surface area contributed by atoms with Crippen LogP contribution in [0.15, 0.2) is 60.7 Å². The Morgan fingerprint density at radius 2 is 0.845 bits per heavy atom. The van der Waals surface area contributed by atoms with Crippen molar-refractivity contribution in [3.63, 3.8) is 0 Å². The molecule has 0 saturated carbocycles. The minimum atomic E-state index is -1.31. The largest absolute Gasteiger partial charge is 0.504 e. The van der Waals surface area contributed by atoms with Crippen LogP contribution in [0.2, 0.25) is 0 Å². The highest BCUT2D eigenvalue weighted by molar-refractivity contribution is 5.56. The van der Waals surface area contributed by atoms with Gasteiger partial charge in [-0.25, -0.2) is 0 Å². The van der Waals surface area contributed by atoms with E-state index in [0.717, 1.165) is 11.1 Å². The number of hydrogen-bond donors (Lipinski definition) is 6. The van der Waals surface area contributed by atoms with Crippen molar-refractivity contribution in [1.82, 2.24) is 0 Å². The molecule has 2 heterocycles. The number of phenols is 2. The van der Waals surface area contributed by atoms with Gasteiger partial charge in [-0.05, 0) is 70.8 Å². The van der Waals surface area contributed by atoms with Gasteiger partial charge >= 0.3 is 0 Å². The molecule has 16 heteroatoms. The molecule has 2 aliphatic heterocycles. The Labute approximate surface area is 335 Å². The summed E-state index contributed by atoms with van der Waals surface area (Å²) >= 11 is 0. The van der Waals surface area contributed by atoms with Crippen molar-refractivity contribution >= 4 is 0 Å². The second kappa shape index (κ2) is 18.5. The van der Waals surface area contributed by atoms with Crippen molar-refractivity contribution in [1.29, 1.82) is 0 Å². The van der Waals surface area contributed by atoms with Crippen LogP contribution in [-0.4, -0.2) is 112 Å². The molecular weight excluding hydrogens is 760 g/mol. The van der Waals surface area contributed by atoms with E-state index in [4.69, 9.17) is 47.4 Å². The predicted molar refractivity (Wildman–Crippen MR) is 206 cm³/mol. The van der Waals surface area contributed by atoms with Crippen molar-refractivity contribution in [3.05, 3.63) is 82.9 Å². The van der Waals surface area contributed by atoms with Crippen LogP contribution < -0.4 is 37.9 Å². The van der Waals surface area contributed by atoms with Crippen LogP contribution >= 0.6 is 0 Å². The van der Waals surface area contributed by atoms with Crippen LogP contribution in [0.1, 0.15) is 46.7 Å². The average Bonchev–Trinajstić information content (AvgIpc) is 3.87. The number of rotatable bonds is 18. The first-order chi connectivity index (χ1) is 28.0. The van der Waals surface area contributed by atoms with Gasteiger partial charge in [0.25, 0.3) is 0 Å². The number of benzene rings is 4. The zero-order chi connectivity index (χ0) is 41.7. The molecular formula is C42H50O16. The third kappa shape index (κ3) is 8.30. The summed E-state index contributed by atoms with van der Waals surface area (Å²) in [5.74, 6) is 1.38. The number of ether oxygens (including phenoxy) is 10. The van der Waals surface area contributed by atoms with E-state index in [1.165, 1.54) is 79.1 Å². The minimum Gasteiger partial charge on any atom is -0.504 e. The van der Waals surface area contributed by atoms with Crippen molar-refractivity contribution in [2.75, 3.05) is 69.1 Å². The number of aromatic hydroxyl groups is 2. The van der Waals surface area contributed by atoms with Gasteiger partial charge in [-0.15, -0.1) is 0 Å². The quantitative estimate of drug-likeness (QED) is 0.0832. The molecule has 2 fully saturated rings. The second-order valence-corrected chi connectivity index (χ2v) is 13.8. The molecule has 2 aliphatic rings. The number of phenolic OH excluding ortho intramolecular Hbond substituents is 2. The molecule has 16 nitrogen and oxygen atoms in total. The van der Waals surface area contributed by atoms with Crippen LogP contribution in [0, 0.1) is 11.8 Å². The lowest BCUT2D eigenvalue weighted by molar-refractivity contribution is -0.00205. The van der Waals surface area contributed by atoms with Gasteiger partial charge in [0.2, 0.25) is 11.5 Å². The van der Waals surface area contributed by atoms with Crippen LogP contribution in [0.5, 0.6) is 57.5 Å². The van der Waals surface area contributed by atoms with Gasteiger partial charge in [0, 0.05) is 11.8 Å². The van der Waals surface area contributed by atoms with E-state index in [2.05, 4.69) is 0 Å². The van der Waals surface area contributed by atoms with Crippen molar-refractivity contribution in [3.8, 4) is 57.5 Å². The number of aliphatic hydroxyl groups is 4. The van der Waals surface area contributed by atoms with Crippen LogP contribution in [-0.2, 0) is 9.47 Å². The second-order valence-electron chi connectivity index (χ2n) is 13.8. The fourth-order valence-electron chi connectivity index (χ4n) is 7.49. The molecule has 8 atom stereocenters. The number of aliphatic hydroxyl groups excluding tert-OH is 4. The Hall–Kier alpha value is -5.36. The van der Waals surface area contributed by atoms with E-state index < -0.39 is 49.8 Å². The maximum atomic E-state index is 11.2. The maximum Gasteiger partial charge on any atom is 0.204 e. The lowest BCUT2D eigenvalue weighted by atomic mass is 9.84. The van der Waals surface area contributed by atoms with Gasteiger partial charge in [0.05, 0.1) is 81.3 Å². The molecule has 0 aliphatic carbocycles. The topological polar surface area (TPSA) is 214 Å². The molecule has 0 spiro atoms. The van der Waals surface area contributed by atoms with Gasteiger partial charge < -0.3 is 78.0 Å². The first-order valence-corrected chi connectivity index (χ1v) is 18.4. The Bertz CT molecular complexity index is 1830. The van der Waals surface area contributed by atoms with Gasteiger partial charge in [0.1, 0.15) is 12.2 Å². The average molecular weight is 811 g/mol. The maximum absolute atomic E-state index is 11.2. The molecule has 4 aromatic carbocycles. The monoisotopic (exact) mass is 810 g/mol. The summed E-state index contributed by atoms with van der Waals surface area (Å²) in [7, 11) is 8.65. The predicted octanol–water partition coefficient (Wildman–Crippen LogP) is 4.17. The molecule has 0 unspecified atom stereocenters. The smallest absolute Gasteiger partial charge is 0.204 e. The van der Waals surface area contributed by atoms with E-state index in [1.807, 2.05) is 0 Å². The van der Waals surface area contributed by atoms with E-state index in [0.29, 0.717) is 24.3 Å². The highest BCUT2D eigenvalue weighted by Crippen LogP contribution is 2.54. The van der Waals surface area contributed by atoms with Gasteiger partial charge in [-0.3, -0.25) is 0 Å². The first kappa shape index (κ1) is 42.3. The number of fused-ring (bicyclic) bond motifs is 1. The van der Waals surface area contributed by atoms with E-state index >= 15 is 0 Å². The summed E-state index contributed by atoms with van der Waals surface area (Å²) in [5.41, 5.74) is 2.17. The van der Waals surface area contributed by atoms with E-state index in [-0.39, 0.29) is 69.3 Å². The summed E-state index contributed by atoms with van der Waals surface area (Å²) in [4.78, 5) is 0. The fraction of sp³-hybridized carbons (Fsp3) is 0.429. The van der Waals surface area contributed by atoms with Gasteiger partial charge in [0.15, 0.2) is 58.2 Å². The molecule has 6 N–H and O–H groups in total. The van der Waals surface area contributed by atoms with E-state index in [9.17, 15) is 30.6 Å². The summed E-state index contributed by atoms with van der Waals surface area (Å²) in [6.07, 6.45) is -5.76. The molecule has 2 saturated heterocycles. The molecule has 58 heavy (non-hydrogen) atoms. The lowest BCUT2D eigenvalue weighted by Crippen LogP contribution is -2.29. The summed E-state index contributed by atoms with van der Waals surface area (Å²) in [6, 6.07) is 15.7. The Morgan fingerprint density at radius 1 is 0.517 bits per heavy atom. The Balaban J connectivity index is 1.22. The molecule has 6 rings (SSSR count). The molecule has 0 bridgehead atoms. The summed E-state index contributed by atoms with van der Waals surface area (Å²) in [5, 5.41) is 62.8. The third-order valence-corrected chi connectivity index (χ3v) is 10.6. The van der Waals surface area contributed by atoms with Crippen LogP contribution in [0.25, 0.3) is 0 Å². The molecule has 0 aromatic heterocycles. The van der Waals surface area contributed by atoms with E-state index in [1.54, 1.807) is 24.3 Å². The first-order valence-electron chi connectivity index (χ1n) is 18.4. The summed E-state index contributed by atoms with van der Waals surface area (Å²) in [6.45, 7) is -0.408. The Morgan fingerprint density at radius 3 is 1.14 bits per heavy atom. The SMILES string of the molecule is COc1cc([C@@H](O)[C@H](CO)Oc2c(OC)cc([C@@H]3OC[C@@H]4[C@H]3CO[C@H]4c3cc(OC)c(O[C@@H](CO)[C@@H](O)c4ccc(O)c(OC)c4)c(OC)c3)cc2OC)ccc1O.